The van der Waals surface area contributed by atoms with Crippen LogP contribution in [0, 0.1) is 11.7 Å². The van der Waals surface area contributed by atoms with Crippen LogP contribution in [0.25, 0.3) is 0 Å². The third-order valence-corrected chi connectivity index (χ3v) is 6.96. The number of alkyl halides is 3. The first-order valence-corrected chi connectivity index (χ1v) is 11.8. The summed E-state index contributed by atoms with van der Waals surface area (Å²) in [5.41, 5.74) is -4.71. The molecule has 3 amide bonds. The maximum Gasteiger partial charge on any atom is 0.416 e. The predicted molar refractivity (Wildman–Crippen MR) is 123 cm³/mol. The number of likely N-dealkylation sites (N-methyl/N-ethyl adjacent to an activating group) is 1. The van der Waals surface area contributed by atoms with Gasteiger partial charge in [-0.15, -0.1) is 0 Å². The van der Waals surface area contributed by atoms with E-state index in [9.17, 15) is 41.8 Å². The van der Waals surface area contributed by atoms with Crippen molar-refractivity contribution in [3.63, 3.8) is 0 Å². The van der Waals surface area contributed by atoms with Crippen molar-refractivity contribution in [2.45, 2.75) is 50.5 Å². The van der Waals surface area contributed by atoms with Crippen molar-refractivity contribution in [1.82, 2.24) is 25.1 Å². The van der Waals surface area contributed by atoms with Crippen molar-refractivity contribution < 1.29 is 37.1 Å². The molecule has 0 radical (unpaired) electrons. The SMILES string of the molecule is CN(C)C(=O)C(=O)NC12CCC(CC1)Cn1c2nc(C(=O)NCc2ccc(F)cc2C(F)(F)F)c(O)c1=O. The van der Waals surface area contributed by atoms with Gasteiger partial charge in [0.2, 0.25) is 5.75 Å². The molecule has 2 aromatic rings. The van der Waals surface area contributed by atoms with Crippen LogP contribution in [-0.4, -0.2) is 51.4 Å². The van der Waals surface area contributed by atoms with E-state index in [2.05, 4.69) is 15.6 Å². The Labute approximate surface area is 213 Å². The van der Waals surface area contributed by atoms with Gasteiger partial charge in [-0.1, -0.05) is 6.07 Å². The van der Waals surface area contributed by atoms with Gasteiger partial charge in [0, 0.05) is 27.2 Å². The van der Waals surface area contributed by atoms with E-state index in [0.29, 0.717) is 31.7 Å². The second-order valence-electron chi connectivity index (χ2n) is 9.71. The van der Waals surface area contributed by atoms with Crippen LogP contribution in [0.1, 0.15) is 53.1 Å². The van der Waals surface area contributed by atoms with Crippen molar-refractivity contribution >= 4 is 17.7 Å². The summed E-state index contributed by atoms with van der Waals surface area (Å²) < 4.78 is 54.5. The molecule has 38 heavy (non-hydrogen) atoms. The zero-order valence-electron chi connectivity index (χ0n) is 20.5. The lowest BCUT2D eigenvalue weighted by molar-refractivity contribution is -0.145. The molecule has 3 N–H and O–H groups in total. The number of nitrogens with one attached hydrogen (secondary N) is 2. The number of hydrogen-bond acceptors (Lipinski definition) is 6. The number of halogens is 4. The van der Waals surface area contributed by atoms with E-state index in [4.69, 9.17) is 0 Å². The zero-order valence-corrected chi connectivity index (χ0v) is 20.5. The van der Waals surface area contributed by atoms with Gasteiger partial charge >= 0.3 is 18.0 Å². The number of amides is 3. The first-order valence-electron chi connectivity index (χ1n) is 11.8. The van der Waals surface area contributed by atoms with Crippen molar-refractivity contribution in [2.24, 2.45) is 5.92 Å². The Balaban J connectivity index is 1.70. The van der Waals surface area contributed by atoms with E-state index in [1.54, 1.807) is 0 Å². The zero-order chi connectivity index (χ0) is 28.0. The lowest BCUT2D eigenvalue weighted by Crippen LogP contribution is -2.53. The maximum absolute atomic E-state index is 13.4. The van der Waals surface area contributed by atoms with Crippen LogP contribution in [0.2, 0.25) is 0 Å². The molecule has 1 saturated carbocycles. The summed E-state index contributed by atoms with van der Waals surface area (Å²) in [5.74, 6) is -5.03. The average Bonchev–Trinajstić information content (AvgIpc) is 3.10. The highest BCUT2D eigenvalue weighted by Crippen LogP contribution is 2.43. The van der Waals surface area contributed by atoms with Crippen LogP contribution in [-0.2, 0) is 34.4 Å². The number of fused-ring (bicyclic) bond motifs is 2. The molecule has 2 bridgehead atoms. The van der Waals surface area contributed by atoms with Crippen molar-refractivity contribution in [1.29, 1.82) is 0 Å². The van der Waals surface area contributed by atoms with Gasteiger partial charge in [-0.25, -0.2) is 9.37 Å². The minimum absolute atomic E-state index is 0.0249. The summed E-state index contributed by atoms with van der Waals surface area (Å²) >= 11 is 0. The number of carbonyl (C=O) groups is 3. The van der Waals surface area contributed by atoms with E-state index < -0.39 is 69.9 Å². The van der Waals surface area contributed by atoms with E-state index in [1.165, 1.54) is 18.7 Å². The van der Waals surface area contributed by atoms with Gasteiger partial charge in [0.25, 0.3) is 11.5 Å². The minimum atomic E-state index is -4.89. The first-order chi connectivity index (χ1) is 17.7. The van der Waals surface area contributed by atoms with Crippen molar-refractivity contribution in [3.05, 3.63) is 57.0 Å². The molecule has 5 rings (SSSR count). The van der Waals surface area contributed by atoms with Crippen LogP contribution in [0.15, 0.2) is 23.0 Å². The summed E-state index contributed by atoms with van der Waals surface area (Å²) in [7, 11) is 2.79. The van der Waals surface area contributed by atoms with Gasteiger partial charge in [-0.05, 0) is 49.3 Å². The standard InChI is InChI=1S/C24H25F4N5O5/c1-32(2)21(38)19(36)31-23-7-5-12(6-8-23)11-33-20(37)17(34)16(30-22(23)33)18(35)29-10-13-3-4-14(25)9-15(13)24(26,27)28/h3-4,9,12,34H,5-8,10-11H2,1-2H3,(H,29,35)(H,31,36). The van der Waals surface area contributed by atoms with E-state index in [0.717, 1.165) is 17.0 Å². The Kier molecular flexibility index (Phi) is 6.93. The Morgan fingerprint density at radius 3 is 2.47 bits per heavy atom. The molecular formula is C24H25F4N5O5. The molecule has 14 heteroatoms. The third kappa shape index (κ3) is 4.94. The summed E-state index contributed by atoms with van der Waals surface area (Å²) in [6.07, 6.45) is -3.11. The normalized spacial score (nSPS) is 20.3. The number of carbonyl (C=O) groups excluding carboxylic acids is 3. The molecule has 2 aliphatic heterocycles. The Morgan fingerprint density at radius 2 is 1.87 bits per heavy atom. The molecule has 0 spiro atoms. The third-order valence-electron chi connectivity index (χ3n) is 6.96. The number of benzene rings is 1. The molecule has 3 heterocycles. The molecule has 10 nitrogen and oxygen atoms in total. The van der Waals surface area contributed by atoms with Crippen LogP contribution in [0.3, 0.4) is 0 Å². The number of aromatic nitrogens is 2. The fourth-order valence-electron chi connectivity index (χ4n) is 4.95. The highest BCUT2D eigenvalue weighted by atomic mass is 19.4. The summed E-state index contributed by atoms with van der Waals surface area (Å²) in [6, 6.07) is 1.96. The fraction of sp³-hybridized carbons (Fsp3) is 0.458. The fourth-order valence-corrected chi connectivity index (χ4v) is 4.95. The number of rotatable bonds is 4. The molecular weight excluding hydrogens is 514 g/mol. The van der Waals surface area contributed by atoms with Crippen LogP contribution >= 0.6 is 0 Å². The van der Waals surface area contributed by atoms with Crippen LogP contribution in [0.4, 0.5) is 17.6 Å². The average molecular weight is 539 g/mol. The molecule has 3 aliphatic rings. The topological polar surface area (TPSA) is 134 Å². The van der Waals surface area contributed by atoms with Gasteiger partial charge in [-0.3, -0.25) is 23.7 Å². The van der Waals surface area contributed by atoms with Gasteiger partial charge in [0.05, 0.1) is 11.1 Å². The Bertz CT molecular complexity index is 1360. The van der Waals surface area contributed by atoms with Gasteiger partial charge in [0.1, 0.15) is 11.6 Å². The summed E-state index contributed by atoms with van der Waals surface area (Å²) in [6.45, 7) is -0.533. The Morgan fingerprint density at radius 1 is 1.21 bits per heavy atom. The van der Waals surface area contributed by atoms with Gasteiger partial charge < -0.3 is 20.6 Å². The maximum atomic E-state index is 13.4. The monoisotopic (exact) mass is 539 g/mol. The minimum Gasteiger partial charge on any atom is -0.501 e. The lowest BCUT2D eigenvalue weighted by Gasteiger charge is -2.37. The van der Waals surface area contributed by atoms with Crippen LogP contribution in [0.5, 0.6) is 5.75 Å². The second-order valence-corrected chi connectivity index (χ2v) is 9.71. The van der Waals surface area contributed by atoms with Crippen molar-refractivity contribution in [3.8, 4) is 5.75 Å². The highest BCUT2D eigenvalue weighted by Gasteiger charge is 2.46. The van der Waals surface area contributed by atoms with E-state index >= 15 is 0 Å². The second kappa shape index (κ2) is 9.72. The molecule has 1 fully saturated rings. The van der Waals surface area contributed by atoms with E-state index in [-0.39, 0.29) is 18.3 Å². The van der Waals surface area contributed by atoms with Crippen LogP contribution < -0.4 is 16.2 Å². The smallest absolute Gasteiger partial charge is 0.416 e. The molecule has 0 saturated heterocycles. The largest absolute Gasteiger partial charge is 0.501 e. The molecule has 1 aromatic heterocycles. The first kappa shape index (κ1) is 27.1. The van der Waals surface area contributed by atoms with E-state index in [1.807, 2.05) is 0 Å². The number of aromatic hydroxyl groups is 1. The molecule has 204 valence electrons. The quantitative estimate of drug-likeness (QED) is 0.400. The number of hydrogen-bond donors (Lipinski definition) is 3. The summed E-state index contributed by atoms with van der Waals surface area (Å²) in [4.78, 5) is 56.2. The number of nitrogens with zero attached hydrogens (tertiary/aromatic N) is 3. The molecule has 1 aliphatic carbocycles. The van der Waals surface area contributed by atoms with Crippen molar-refractivity contribution in [2.75, 3.05) is 14.1 Å². The molecule has 1 aromatic carbocycles. The highest BCUT2D eigenvalue weighted by molar-refractivity contribution is 6.35. The predicted octanol–water partition coefficient (Wildman–Crippen LogP) is 1.64. The van der Waals surface area contributed by atoms with Gasteiger partial charge in [0.15, 0.2) is 5.69 Å². The molecule has 0 atom stereocenters. The summed E-state index contributed by atoms with van der Waals surface area (Å²) in [5, 5.41) is 15.4. The molecule has 0 unspecified atom stereocenters. The van der Waals surface area contributed by atoms with Gasteiger partial charge in [-0.2, -0.15) is 13.2 Å². The lowest BCUT2D eigenvalue weighted by atomic mass is 9.77. The Hall–Kier alpha value is -3.97.